The maximum absolute atomic E-state index is 6.24. The number of hydrogen-bond acceptors (Lipinski definition) is 2. The normalized spacial score (nSPS) is 39.0. The van der Waals surface area contributed by atoms with E-state index < -0.39 is 0 Å². The maximum atomic E-state index is 6.24. The first-order valence-corrected chi connectivity index (χ1v) is 5.17. The highest BCUT2D eigenvalue weighted by Crippen LogP contribution is 2.33. The van der Waals surface area contributed by atoms with Gasteiger partial charge >= 0.3 is 0 Å². The lowest BCUT2D eigenvalue weighted by atomic mass is 9.79. The minimum atomic E-state index is 0.0517. The van der Waals surface area contributed by atoms with E-state index in [1.807, 2.05) is 0 Å². The second kappa shape index (κ2) is 3.81. The van der Waals surface area contributed by atoms with Crippen LogP contribution >= 0.6 is 12.6 Å². The Morgan fingerprint density at radius 1 is 1.55 bits per heavy atom. The summed E-state index contributed by atoms with van der Waals surface area (Å²) in [7, 11) is 0. The molecule has 1 nitrogen and oxygen atoms in total. The predicted octanol–water partition coefficient (Wildman–Crippen LogP) is 2.36. The van der Waals surface area contributed by atoms with E-state index in [4.69, 9.17) is 5.73 Å². The third kappa shape index (κ3) is 2.12. The second-order valence-corrected chi connectivity index (χ2v) is 4.37. The monoisotopic (exact) mass is 173 g/mol. The van der Waals surface area contributed by atoms with Crippen LogP contribution in [0.25, 0.3) is 0 Å². The summed E-state index contributed by atoms with van der Waals surface area (Å²) in [5.74, 6) is 0. The van der Waals surface area contributed by atoms with Gasteiger partial charge in [-0.2, -0.15) is 12.6 Å². The molecular weight excluding hydrogens is 154 g/mol. The molecule has 0 amide bonds. The Balaban J connectivity index is 2.49. The van der Waals surface area contributed by atoms with Gasteiger partial charge in [0.15, 0.2) is 0 Å². The number of rotatable bonds is 2. The first-order chi connectivity index (χ1) is 5.19. The van der Waals surface area contributed by atoms with E-state index in [1.54, 1.807) is 0 Å². The molecule has 2 unspecified atom stereocenters. The molecular formula is C9H19NS. The van der Waals surface area contributed by atoms with Crippen molar-refractivity contribution in [2.75, 3.05) is 0 Å². The standard InChI is InChI=1S/C9H19NS/c1-2-6-9(10)7-4-3-5-8(9)11/h8,11H,2-7,10H2,1H3. The number of thiol groups is 1. The van der Waals surface area contributed by atoms with Crippen LogP contribution in [-0.4, -0.2) is 10.8 Å². The van der Waals surface area contributed by atoms with Crippen molar-refractivity contribution in [1.82, 2.24) is 0 Å². The summed E-state index contributed by atoms with van der Waals surface area (Å²) in [6.45, 7) is 2.20. The molecule has 2 heteroatoms. The maximum Gasteiger partial charge on any atom is 0.0272 e. The van der Waals surface area contributed by atoms with Gasteiger partial charge in [-0.1, -0.05) is 26.2 Å². The molecule has 0 spiro atoms. The lowest BCUT2D eigenvalue weighted by Gasteiger charge is -2.38. The van der Waals surface area contributed by atoms with E-state index in [0.717, 1.165) is 6.42 Å². The third-order valence-electron chi connectivity index (χ3n) is 2.75. The SMILES string of the molecule is CCCC1(N)CCCCC1S. The summed E-state index contributed by atoms with van der Waals surface area (Å²) >= 11 is 4.55. The van der Waals surface area contributed by atoms with E-state index in [1.165, 1.54) is 32.1 Å². The molecule has 0 aromatic rings. The molecule has 0 radical (unpaired) electrons. The zero-order valence-corrected chi connectivity index (χ0v) is 8.24. The molecule has 0 aromatic carbocycles. The average molecular weight is 173 g/mol. The fourth-order valence-electron chi connectivity index (χ4n) is 2.00. The van der Waals surface area contributed by atoms with Gasteiger partial charge in [0.25, 0.3) is 0 Å². The Labute approximate surface area is 75.1 Å². The van der Waals surface area contributed by atoms with Gasteiger partial charge in [0.1, 0.15) is 0 Å². The molecule has 0 saturated heterocycles. The fraction of sp³-hybridized carbons (Fsp3) is 1.00. The molecule has 1 saturated carbocycles. The third-order valence-corrected chi connectivity index (χ3v) is 3.52. The fourth-order valence-corrected chi connectivity index (χ4v) is 2.44. The predicted molar refractivity (Wildman–Crippen MR) is 53.1 cm³/mol. The van der Waals surface area contributed by atoms with Gasteiger partial charge in [0.05, 0.1) is 0 Å². The highest BCUT2D eigenvalue weighted by Gasteiger charge is 2.33. The lowest BCUT2D eigenvalue weighted by molar-refractivity contribution is 0.288. The summed E-state index contributed by atoms with van der Waals surface area (Å²) in [5, 5.41) is 0.441. The molecule has 11 heavy (non-hydrogen) atoms. The molecule has 1 fully saturated rings. The van der Waals surface area contributed by atoms with E-state index in [0.29, 0.717) is 5.25 Å². The van der Waals surface area contributed by atoms with Crippen LogP contribution in [0.5, 0.6) is 0 Å². The Morgan fingerprint density at radius 2 is 2.27 bits per heavy atom. The quantitative estimate of drug-likeness (QED) is 0.616. The van der Waals surface area contributed by atoms with Crippen LogP contribution in [0.1, 0.15) is 45.4 Å². The largest absolute Gasteiger partial charge is 0.324 e. The minimum absolute atomic E-state index is 0.0517. The van der Waals surface area contributed by atoms with Crippen LogP contribution in [-0.2, 0) is 0 Å². The van der Waals surface area contributed by atoms with Crippen LogP contribution < -0.4 is 5.73 Å². The molecule has 0 bridgehead atoms. The van der Waals surface area contributed by atoms with Gasteiger partial charge in [-0.25, -0.2) is 0 Å². The summed E-state index contributed by atoms with van der Waals surface area (Å²) < 4.78 is 0. The van der Waals surface area contributed by atoms with Crippen LogP contribution in [0.15, 0.2) is 0 Å². The van der Waals surface area contributed by atoms with Gasteiger partial charge in [-0.05, 0) is 19.3 Å². The topological polar surface area (TPSA) is 26.0 Å². The highest BCUT2D eigenvalue weighted by atomic mass is 32.1. The smallest absolute Gasteiger partial charge is 0.0272 e. The van der Waals surface area contributed by atoms with E-state index in [2.05, 4.69) is 19.6 Å². The van der Waals surface area contributed by atoms with Crippen molar-refractivity contribution in [3.63, 3.8) is 0 Å². The summed E-state index contributed by atoms with van der Waals surface area (Å²) in [6.07, 6.45) is 7.33. The van der Waals surface area contributed by atoms with E-state index in [9.17, 15) is 0 Å². The lowest BCUT2D eigenvalue weighted by Crippen LogP contribution is -2.50. The molecule has 2 atom stereocenters. The summed E-state index contributed by atoms with van der Waals surface area (Å²) in [5.41, 5.74) is 6.29. The van der Waals surface area contributed by atoms with Gasteiger partial charge < -0.3 is 5.73 Å². The molecule has 0 heterocycles. The first-order valence-electron chi connectivity index (χ1n) is 4.66. The minimum Gasteiger partial charge on any atom is -0.324 e. The van der Waals surface area contributed by atoms with Gasteiger partial charge in [0.2, 0.25) is 0 Å². The van der Waals surface area contributed by atoms with Crippen molar-refractivity contribution in [3.05, 3.63) is 0 Å². The Morgan fingerprint density at radius 3 is 2.82 bits per heavy atom. The average Bonchev–Trinajstić information content (AvgIpc) is 1.96. The van der Waals surface area contributed by atoms with Crippen molar-refractivity contribution in [2.45, 2.75) is 56.2 Å². The summed E-state index contributed by atoms with van der Waals surface area (Å²) in [6, 6.07) is 0. The van der Waals surface area contributed by atoms with Crippen molar-refractivity contribution in [3.8, 4) is 0 Å². The molecule has 2 N–H and O–H groups in total. The van der Waals surface area contributed by atoms with Crippen molar-refractivity contribution in [2.24, 2.45) is 5.73 Å². The van der Waals surface area contributed by atoms with E-state index >= 15 is 0 Å². The molecule has 0 aromatic heterocycles. The molecule has 1 aliphatic rings. The molecule has 1 aliphatic carbocycles. The highest BCUT2D eigenvalue weighted by molar-refractivity contribution is 7.81. The van der Waals surface area contributed by atoms with E-state index in [-0.39, 0.29) is 5.54 Å². The Kier molecular flexibility index (Phi) is 3.26. The van der Waals surface area contributed by atoms with Gasteiger partial charge in [0, 0.05) is 10.8 Å². The Bertz CT molecular complexity index is 123. The van der Waals surface area contributed by atoms with Crippen LogP contribution in [0.3, 0.4) is 0 Å². The van der Waals surface area contributed by atoms with Crippen LogP contribution in [0.2, 0.25) is 0 Å². The second-order valence-electron chi connectivity index (χ2n) is 3.74. The zero-order valence-electron chi connectivity index (χ0n) is 7.34. The van der Waals surface area contributed by atoms with Crippen LogP contribution in [0.4, 0.5) is 0 Å². The number of hydrogen-bond donors (Lipinski definition) is 2. The van der Waals surface area contributed by atoms with Gasteiger partial charge in [-0.3, -0.25) is 0 Å². The first kappa shape index (κ1) is 9.40. The molecule has 1 rings (SSSR count). The summed E-state index contributed by atoms with van der Waals surface area (Å²) in [4.78, 5) is 0. The number of nitrogens with two attached hydrogens (primary N) is 1. The van der Waals surface area contributed by atoms with Crippen LogP contribution in [0, 0.1) is 0 Å². The Hall–Kier alpha value is 0.310. The zero-order chi connectivity index (χ0) is 8.32. The van der Waals surface area contributed by atoms with Crippen molar-refractivity contribution >= 4 is 12.6 Å². The molecule has 0 aliphatic heterocycles. The van der Waals surface area contributed by atoms with Gasteiger partial charge in [-0.15, -0.1) is 0 Å². The van der Waals surface area contributed by atoms with Crippen molar-refractivity contribution < 1.29 is 0 Å². The van der Waals surface area contributed by atoms with Crippen molar-refractivity contribution in [1.29, 1.82) is 0 Å². The molecule has 66 valence electrons.